The van der Waals surface area contributed by atoms with Crippen molar-refractivity contribution < 1.29 is 4.39 Å². The minimum Gasteiger partial charge on any atom is -0.357 e. The normalized spacial score (nSPS) is 11.7. The fraction of sp³-hybridized carbons (Fsp3) is 0.462. The standard InChI is InChI=1S/C13H20FN3/c1-4-15-13(17-10(2)3)16-9-11-7-5-6-8-12(11)14/h5-8,10H,4,9H2,1-3H3,(H2,15,16,17). The molecular formula is C13H20FN3. The summed E-state index contributed by atoms with van der Waals surface area (Å²) in [6.07, 6.45) is 0. The molecule has 0 saturated heterocycles. The summed E-state index contributed by atoms with van der Waals surface area (Å²) in [5.74, 6) is 0.502. The number of rotatable bonds is 4. The van der Waals surface area contributed by atoms with E-state index in [-0.39, 0.29) is 5.82 Å². The first kappa shape index (κ1) is 13.5. The summed E-state index contributed by atoms with van der Waals surface area (Å²) in [7, 11) is 0. The van der Waals surface area contributed by atoms with Crippen LogP contribution in [0.2, 0.25) is 0 Å². The smallest absolute Gasteiger partial charge is 0.191 e. The van der Waals surface area contributed by atoms with Crippen molar-refractivity contribution in [3.63, 3.8) is 0 Å². The van der Waals surface area contributed by atoms with Gasteiger partial charge in [0.15, 0.2) is 5.96 Å². The second-order valence-corrected chi connectivity index (χ2v) is 4.09. The molecule has 1 aromatic carbocycles. The van der Waals surface area contributed by atoms with E-state index in [9.17, 15) is 4.39 Å². The number of guanidine groups is 1. The predicted octanol–water partition coefficient (Wildman–Crippen LogP) is 2.29. The maximum atomic E-state index is 13.4. The van der Waals surface area contributed by atoms with Gasteiger partial charge in [0.2, 0.25) is 0 Å². The molecule has 0 aliphatic carbocycles. The van der Waals surface area contributed by atoms with Crippen molar-refractivity contribution in [1.82, 2.24) is 10.6 Å². The van der Waals surface area contributed by atoms with Gasteiger partial charge in [0.25, 0.3) is 0 Å². The van der Waals surface area contributed by atoms with Crippen LogP contribution in [0, 0.1) is 5.82 Å². The van der Waals surface area contributed by atoms with Gasteiger partial charge in [-0.3, -0.25) is 0 Å². The van der Waals surface area contributed by atoms with Crippen LogP contribution in [-0.2, 0) is 6.54 Å². The molecule has 1 aromatic rings. The van der Waals surface area contributed by atoms with Gasteiger partial charge in [-0.15, -0.1) is 0 Å². The Morgan fingerprint density at radius 2 is 2.06 bits per heavy atom. The third kappa shape index (κ3) is 4.85. The summed E-state index contributed by atoms with van der Waals surface area (Å²) in [4.78, 5) is 4.34. The lowest BCUT2D eigenvalue weighted by atomic mass is 10.2. The van der Waals surface area contributed by atoms with Gasteiger partial charge < -0.3 is 10.6 Å². The Morgan fingerprint density at radius 1 is 1.35 bits per heavy atom. The van der Waals surface area contributed by atoms with Gasteiger partial charge in [-0.25, -0.2) is 9.38 Å². The minimum absolute atomic E-state index is 0.211. The van der Waals surface area contributed by atoms with Crippen molar-refractivity contribution in [1.29, 1.82) is 0 Å². The average Bonchev–Trinajstić information content (AvgIpc) is 2.27. The highest BCUT2D eigenvalue weighted by atomic mass is 19.1. The lowest BCUT2D eigenvalue weighted by molar-refractivity contribution is 0.609. The largest absolute Gasteiger partial charge is 0.357 e. The predicted molar refractivity (Wildman–Crippen MR) is 69.5 cm³/mol. The van der Waals surface area contributed by atoms with Crippen LogP contribution >= 0.6 is 0 Å². The highest BCUT2D eigenvalue weighted by Crippen LogP contribution is 2.07. The molecule has 0 spiro atoms. The summed E-state index contributed by atoms with van der Waals surface area (Å²) in [6.45, 7) is 7.21. The molecule has 17 heavy (non-hydrogen) atoms. The zero-order valence-electron chi connectivity index (χ0n) is 10.6. The molecule has 0 heterocycles. The number of hydrogen-bond acceptors (Lipinski definition) is 1. The number of nitrogens with one attached hydrogen (secondary N) is 2. The van der Waals surface area contributed by atoms with Gasteiger partial charge >= 0.3 is 0 Å². The molecule has 0 unspecified atom stereocenters. The Hall–Kier alpha value is -1.58. The molecule has 0 aliphatic heterocycles. The fourth-order valence-electron chi connectivity index (χ4n) is 1.38. The lowest BCUT2D eigenvalue weighted by Gasteiger charge is -2.13. The van der Waals surface area contributed by atoms with E-state index in [4.69, 9.17) is 0 Å². The molecule has 0 bridgehead atoms. The molecule has 3 nitrogen and oxygen atoms in total. The van der Waals surface area contributed by atoms with E-state index in [2.05, 4.69) is 15.6 Å². The first-order valence-electron chi connectivity index (χ1n) is 5.91. The van der Waals surface area contributed by atoms with Gasteiger partial charge in [-0.2, -0.15) is 0 Å². The highest BCUT2D eigenvalue weighted by Gasteiger charge is 2.02. The third-order valence-electron chi connectivity index (χ3n) is 2.13. The van der Waals surface area contributed by atoms with Crippen LogP contribution < -0.4 is 10.6 Å². The second-order valence-electron chi connectivity index (χ2n) is 4.09. The molecule has 0 aromatic heterocycles. The number of benzene rings is 1. The fourth-order valence-corrected chi connectivity index (χ4v) is 1.38. The zero-order valence-corrected chi connectivity index (χ0v) is 10.6. The Morgan fingerprint density at radius 3 is 2.65 bits per heavy atom. The van der Waals surface area contributed by atoms with Gasteiger partial charge in [0, 0.05) is 18.2 Å². The molecule has 4 heteroatoms. The van der Waals surface area contributed by atoms with Gasteiger partial charge in [-0.05, 0) is 26.8 Å². The van der Waals surface area contributed by atoms with Crippen LogP contribution in [0.1, 0.15) is 26.3 Å². The number of nitrogens with zero attached hydrogens (tertiary/aromatic N) is 1. The molecule has 0 fully saturated rings. The molecule has 0 saturated carbocycles. The SMILES string of the molecule is CCNC(=NCc1ccccc1F)NC(C)C. The third-order valence-corrected chi connectivity index (χ3v) is 2.13. The van der Waals surface area contributed by atoms with Crippen molar-refractivity contribution in [3.8, 4) is 0 Å². The van der Waals surface area contributed by atoms with Crippen molar-refractivity contribution in [3.05, 3.63) is 35.6 Å². The van der Waals surface area contributed by atoms with Crippen LogP contribution in [-0.4, -0.2) is 18.5 Å². The molecule has 1 rings (SSSR count). The first-order valence-corrected chi connectivity index (χ1v) is 5.91. The molecule has 94 valence electrons. The van der Waals surface area contributed by atoms with Crippen LogP contribution in [0.3, 0.4) is 0 Å². The summed E-state index contributed by atoms with van der Waals surface area (Å²) >= 11 is 0. The lowest BCUT2D eigenvalue weighted by Crippen LogP contribution is -2.41. The van der Waals surface area contributed by atoms with Gasteiger partial charge in [0.05, 0.1) is 6.54 Å². The maximum absolute atomic E-state index is 13.4. The van der Waals surface area contributed by atoms with E-state index >= 15 is 0 Å². The average molecular weight is 237 g/mol. The molecule has 0 aliphatic rings. The van der Waals surface area contributed by atoms with Crippen molar-refractivity contribution in [2.45, 2.75) is 33.4 Å². The summed E-state index contributed by atoms with van der Waals surface area (Å²) in [5.41, 5.74) is 0.605. The number of aliphatic imine (C=N–C) groups is 1. The number of halogens is 1. The highest BCUT2D eigenvalue weighted by molar-refractivity contribution is 5.79. The van der Waals surface area contributed by atoms with E-state index in [0.29, 0.717) is 24.1 Å². The van der Waals surface area contributed by atoms with E-state index in [1.54, 1.807) is 12.1 Å². The summed E-state index contributed by atoms with van der Waals surface area (Å²) in [5, 5.41) is 6.31. The topological polar surface area (TPSA) is 36.4 Å². The molecule has 0 radical (unpaired) electrons. The van der Waals surface area contributed by atoms with Crippen molar-refractivity contribution in [2.24, 2.45) is 4.99 Å². The molecule has 0 amide bonds. The van der Waals surface area contributed by atoms with Crippen molar-refractivity contribution >= 4 is 5.96 Å². The van der Waals surface area contributed by atoms with Crippen molar-refractivity contribution in [2.75, 3.05) is 6.54 Å². The maximum Gasteiger partial charge on any atom is 0.191 e. The van der Waals surface area contributed by atoms with Gasteiger partial charge in [0.1, 0.15) is 5.82 Å². The number of hydrogen-bond donors (Lipinski definition) is 2. The molecule has 2 N–H and O–H groups in total. The van der Waals surface area contributed by atoms with Crippen LogP contribution in [0.25, 0.3) is 0 Å². The van der Waals surface area contributed by atoms with E-state index in [0.717, 1.165) is 6.54 Å². The first-order chi connectivity index (χ1) is 8.13. The van der Waals surface area contributed by atoms with Crippen LogP contribution in [0.4, 0.5) is 4.39 Å². The van der Waals surface area contributed by atoms with Crippen LogP contribution in [0.15, 0.2) is 29.3 Å². The van der Waals surface area contributed by atoms with Crippen LogP contribution in [0.5, 0.6) is 0 Å². The molecular weight excluding hydrogens is 217 g/mol. The Bertz CT molecular complexity index is 375. The summed E-state index contributed by atoms with van der Waals surface area (Å²) < 4.78 is 13.4. The van der Waals surface area contributed by atoms with E-state index in [1.807, 2.05) is 26.8 Å². The van der Waals surface area contributed by atoms with E-state index in [1.165, 1.54) is 6.07 Å². The summed E-state index contributed by atoms with van der Waals surface area (Å²) in [6, 6.07) is 7.00. The quantitative estimate of drug-likeness (QED) is 0.622. The van der Waals surface area contributed by atoms with Gasteiger partial charge in [-0.1, -0.05) is 18.2 Å². The van der Waals surface area contributed by atoms with E-state index < -0.39 is 0 Å². The monoisotopic (exact) mass is 237 g/mol. The minimum atomic E-state index is -0.211. The Labute approximate surface area is 102 Å². The second kappa shape index (κ2) is 6.89. The molecule has 0 atom stereocenters. The zero-order chi connectivity index (χ0) is 12.7. The Kier molecular flexibility index (Phi) is 5.46. The Balaban J connectivity index is 2.68.